The standard InChI is InChI=1S/C32H28Cl3NO2/c33-32(34,35)30(37)36-29(22-21-25-13-5-1-6-14-25)23-24-38-31(26-15-7-2-8-16-26,27-17-9-3-10-18-27)28-19-11-4-12-20-28/h1-22,29H,23-24H2,(H,36,37)/b22-21+/t29-/m0/s1. The van der Waals surface area contributed by atoms with E-state index in [9.17, 15) is 4.79 Å². The quantitative estimate of drug-likeness (QED) is 0.157. The molecule has 3 nitrogen and oxygen atoms in total. The fourth-order valence-electron chi connectivity index (χ4n) is 4.37. The van der Waals surface area contributed by atoms with Crippen molar-refractivity contribution >= 4 is 46.8 Å². The van der Waals surface area contributed by atoms with Crippen LogP contribution in [0.5, 0.6) is 0 Å². The molecule has 194 valence electrons. The fraction of sp³-hybridized carbons (Fsp3) is 0.156. The average molecular weight is 565 g/mol. The Morgan fingerprint density at radius 3 is 1.55 bits per heavy atom. The molecule has 0 aliphatic carbocycles. The topological polar surface area (TPSA) is 38.3 Å². The number of alkyl halides is 3. The summed E-state index contributed by atoms with van der Waals surface area (Å²) >= 11 is 17.6. The van der Waals surface area contributed by atoms with Crippen molar-refractivity contribution in [2.24, 2.45) is 0 Å². The molecule has 0 saturated heterocycles. The van der Waals surface area contributed by atoms with Gasteiger partial charge in [-0.1, -0.05) is 168 Å². The van der Waals surface area contributed by atoms with Crippen molar-refractivity contribution in [3.8, 4) is 0 Å². The van der Waals surface area contributed by atoms with Gasteiger partial charge in [0.2, 0.25) is 0 Å². The molecule has 4 aromatic rings. The molecule has 0 fully saturated rings. The van der Waals surface area contributed by atoms with Crippen LogP contribution < -0.4 is 5.32 Å². The van der Waals surface area contributed by atoms with E-state index in [0.29, 0.717) is 13.0 Å². The zero-order chi connectivity index (χ0) is 26.8. The second-order valence-corrected chi connectivity index (χ2v) is 11.0. The molecule has 0 aromatic heterocycles. The van der Waals surface area contributed by atoms with Crippen LogP contribution in [0.15, 0.2) is 127 Å². The van der Waals surface area contributed by atoms with Gasteiger partial charge in [0.15, 0.2) is 0 Å². The third-order valence-corrected chi connectivity index (χ3v) is 6.70. The summed E-state index contributed by atoms with van der Waals surface area (Å²) in [6.45, 7) is 0.308. The molecule has 38 heavy (non-hydrogen) atoms. The van der Waals surface area contributed by atoms with Crippen molar-refractivity contribution in [1.29, 1.82) is 0 Å². The van der Waals surface area contributed by atoms with Crippen LogP contribution in [0.2, 0.25) is 0 Å². The first-order valence-electron chi connectivity index (χ1n) is 12.3. The SMILES string of the molecule is O=C(N[C@@H](/C=C/c1ccccc1)CCOC(c1ccccc1)(c1ccccc1)c1ccccc1)C(Cl)(Cl)Cl. The molecular formula is C32H28Cl3NO2. The van der Waals surface area contributed by atoms with Gasteiger partial charge in [-0.05, 0) is 28.7 Å². The summed E-state index contributed by atoms with van der Waals surface area (Å²) in [5, 5.41) is 2.83. The number of hydrogen-bond acceptors (Lipinski definition) is 2. The summed E-state index contributed by atoms with van der Waals surface area (Å²) < 4.78 is 4.79. The maximum atomic E-state index is 12.5. The van der Waals surface area contributed by atoms with E-state index in [1.54, 1.807) is 0 Å². The number of rotatable bonds is 10. The summed E-state index contributed by atoms with van der Waals surface area (Å²) in [5.74, 6) is -0.689. The lowest BCUT2D eigenvalue weighted by Gasteiger charge is -2.36. The van der Waals surface area contributed by atoms with Crippen molar-refractivity contribution in [2.45, 2.75) is 21.9 Å². The van der Waals surface area contributed by atoms with Gasteiger partial charge in [-0.3, -0.25) is 4.79 Å². The van der Waals surface area contributed by atoms with E-state index in [-0.39, 0.29) is 0 Å². The average Bonchev–Trinajstić information content (AvgIpc) is 2.95. The van der Waals surface area contributed by atoms with Crippen LogP contribution in [0.25, 0.3) is 6.08 Å². The first kappa shape index (κ1) is 27.9. The summed E-state index contributed by atoms with van der Waals surface area (Å²) in [6, 6.07) is 39.8. The highest BCUT2D eigenvalue weighted by Crippen LogP contribution is 2.40. The first-order chi connectivity index (χ1) is 18.4. The molecule has 4 aromatic carbocycles. The summed E-state index contributed by atoms with van der Waals surface area (Å²) in [4.78, 5) is 12.5. The Labute approximate surface area is 239 Å². The smallest absolute Gasteiger partial charge is 0.272 e. The van der Waals surface area contributed by atoms with E-state index >= 15 is 0 Å². The number of benzene rings is 4. The minimum atomic E-state index is -2.07. The van der Waals surface area contributed by atoms with Crippen LogP contribution in [0.1, 0.15) is 28.7 Å². The van der Waals surface area contributed by atoms with Gasteiger partial charge in [-0.2, -0.15) is 0 Å². The zero-order valence-corrected chi connectivity index (χ0v) is 22.9. The maximum Gasteiger partial charge on any atom is 0.272 e. The van der Waals surface area contributed by atoms with Gasteiger partial charge in [0.25, 0.3) is 9.70 Å². The number of carbonyl (C=O) groups is 1. The predicted molar refractivity (Wildman–Crippen MR) is 157 cm³/mol. The first-order valence-corrected chi connectivity index (χ1v) is 13.4. The number of hydrogen-bond donors (Lipinski definition) is 1. The molecule has 1 N–H and O–H groups in total. The number of halogens is 3. The Kier molecular flexibility index (Phi) is 9.65. The number of nitrogens with one attached hydrogen (secondary N) is 1. The van der Waals surface area contributed by atoms with Crippen LogP contribution in [0.3, 0.4) is 0 Å². The summed E-state index contributed by atoms with van der Waals surface area (Å²) in [7, 11) is 0. The Balaban J connectivity index is 1.66. The van der Waals surface area contributed by atoms with Gasteiger partial charge in [-0.15, -0.1) is 0 Å². The second-order valence-electron chi connectivity index (χ2n) is 8.76. The zero-order valence-electron chi connectivity index (χ0n) is 20.6. The lowest BCUT2D eigenvalue weighted by Crippen LogP contribution is -2.42. The van der Waals surface area contributed by atoms with E-state index in [0.717, 1.165) is 22.3 Å². The molecule has 6 heteroatoms. The lowest BCUT2D eigenvalue weighted by molar-refractivity contribution is -0.120. The number of carbonyl (C=O) groups excluding carboxylic acids is 1. The molecule has 4 rings (SSSR count). The van der Waals surface area contributed by atoms with Gasteiger partial charge >= 0.3 is 0 Å². The molecule has 0 spiro atoms. The molecule has 0 aliphatic rings. The predicted octanol–water partition coefficient (Wildman–Crippen LogP) is 7.95. The minimum Gasteiger partial charge on any atom is -0.361 e. The van der Waals surface area contributed by atoms with Crippen LogP contribution in [-0.2, 0) is 15.1 Å². The maximum absolute atomic E-state index is 12.5. The third-order valence-electron chi connectivity index (χ3n) is 6.18. The molecule has 0 bridgehead atoms. The van der Waals surface area contributed by atoms with Crippen molar-refractivity contribution in [2.75, 3.05) is 6.61 Å². The Morgan fingerprint density at radius 2 is 1.13 bits per heavy atom. The van der Waals surface area contributed by atoms with Crippen LogP contribution >= 0.6 is 34.8 Å². The van der Waals surface area contributed by atoms with E-state index in [1.165, 1.54) is 0 Å². The van der Waals surface area contributed by atoms with E-state index < -0.39 is 21.3 Å². The van der Waals surface area contributed by atoms with Gasteiger partial charge in [0.1, 0.15) is 5.60 Å². The fourth-order valence-corrected chi connectivity index (χ4v) is 4.53. The number of ether oxygens (including phenoxy) is 1. The molecule has 0 heterocycles. The van der Waals surface area contributed by atoms with Crippen molar-refractivity contribution < 1.29 is 9.53 Å². The van der Waals surface area contributed by atoms with Crippen LogP contribution in [0, 0.1) is 0 Å². The van der Waals surface area contributed by atoms with Crippen LogP contribution in [-0.4, -0.2) is 22.3 Å². The second kappa shape index (κ2) is 13.1. The molecule has 1 atom stereocenters. The highest BCUT2D eigenvalue weighted by molar-refractivity contribution is 6.76. The Bertz CT molecular complexity index is 1210. The monoisotopic (exact) mass is 563 g/mol. The Morgan fingerprint density at radius 1 is 0.711 bits per heavy atom. The third kappa shape index (κ3) is 7.06. The van der Waals surface area contributed by atoms with Crippen LogP contribution in [0.4, 0.5) is 0 Å². The molecule has 0 unspecified atom stereocenters. The van der Waals surface area contributed by atoms with Gasteiger partial charge in [-0.25, -0.2) is 0 Å². The summed E-state index contributed by atoms with van der Waals surface area (Å²) in [6.07, 6.45) is 4.27. The van der Waals surface area contributed by atoms with Crippen molar-refractivity contribution in [3.63, 3.8) is 0 Å². The van der Waals surface area contributed by atoms with Gasteiger partial charge < -0.3 is 10.1 Å². The van der Waals surface area contributed by atoms with Crippen molar-refractivity contribution in [3.05, 3.63) is 150 Å². The van der Waals surface area contributed by atoms with Gasteiger partial charge in [0.05, 0.1) is 6.61 Å². The van der Waals surface area contributed by atoms with Gasteiger partial charge in [0, 0.05) is 6.04 Å². The van der Waals surface area contributed by atoms with Crippen molar-refractivity contribution in [1.82, 2.24) is 5.32 Å². The molecule has 0 aliphatic heterocycles. The largest absolute Gasteiger partial charge is 0.361 e. The molecule has 0 saturated carbocycles. The number of amides is 1. The van der Waals surface area contributed by atoms with E-state index in [2.05, 4.69) is 41.7 Å². The molecule has 1 amide bonds. The highest BCUT2D eigenvalue weighted by atomic mass is 35.6. The summed E-state index contributed by atoms with van der Waals surface area (Å²) in [5.41, 5.74) is 3.13. The molecular weight excluding hydrogens is 537 g/mol. The molecule has 0 radical (unpaired) electrons. The normalized spacial score (nSPS) is 12.8. The Hall–Kier alpha value is -3.08. The minimum absolute atomic E-state index is 0.308. The lowest BCUT2D eigenvalue weighted by atomic mass is 9.80. The van der Waals surface area contributed by atoms with E-state index in [1.807, 2.05) is 97.1 Å². The highest BCUT2D eigenvalue weighted by Gasteiger charge is 2.38. The van der Waals surface area contributed by atoms with E-state index in [4.69, 9.17) is 39.5 Å².